The van der Waals surface area contributed by atoms with E-state index in [1.54, 1.807) is 12.1 Å². The molecule has 134 valence electrons. The van der Waals surface area contributed by atoms with Gasteiger partial charge in [-0.2, -0.15) is 0 Å². The third kappa shape index (κ3) is 5.20. The van der Waals surface area contributed by atoms with Crippen LogP contribution in [-0.4, -0.2) is 11.9 Å². The van der Waals surface area contributed by atoms with Gasteiger partial charge in [-0.25, -0.2) is 4.85 Å². The predicted molar refractivity (Wildman–Crippen MR) is 104 cm³/mol. The summed E-state index contributed by atoms with van der Waals surface area (Å²) < 4.78 is 6.07. The Hall–Kier alpha value is -2.60. The summed E-state index contributed by atoms with van der Waals surface area (Å²) >= 11 is 0. The van der Waals surface area contributed by atoms with Crippen molar-refractivity contribution in [2.24, 2.45) is 5.92 Å². The number of rotatable bonds is 6. The molecule has 2 aromatic carbocycles. The maximum atomic E-state index is 12.3. The highest BCUT2D eigenvalue weighted by Gasteiger charge is 2.24. The molecule has 0 spiro atoms. The van der Waals surface area contributed by atoms with Crippen LogP contribution in [0.5, 0.6) is 5.75 Å². The largest absolute Gasteiger partial charge is 0.490 e. The molecule has 0 N–H and O–H groups in total. The minimum Gasteiger partial charge on any atom is -0.490 e. The van der Waals surface area contributed by atoms with E-state index in [-0.39, 0.29) is 6.10 Å². The molecule has 0 unspecified atom stereocenters. The molecule has 26 heavy (non-hydrogen) atoms. The van der Waals surface area contributed by atoms with Gasteiger partial charge in [0, 0.05) is 12.8 Å². The van der Waals surface area contributed by atoms with Crippen molar-refractivity contribution < 1.29 is 9.53 Å². The van der Waals surface area contributed by atoms with Gasteiger partial charge < -0.3 is 4.74 Å². The van der Waals surface area contributed by atoms with Gasteiger partial charge in [0.2, 0.25) is 0 Å². The zero-order valence-electron chi connectivity index (χ0n) is 15.3. The Kier molecular flexibility index (Phi) is 6.07. The van der Waals surface area contributed by atoms with E-state index in [0.717, 1.165) is 37.0 Å². The van der Waals surface area contributed by atoms with Gasteiger partial charge in [-0.15, -0.1) is 0 Å². The van der Waals surface area contributed by atoms with Crippen molar-refractivity contribution in [3.8, 4) is 5.75 Å². The molecule has 0 amide bonds. The molecule has 0 heterocycles. The van der Waals surface area contributed by atoms with Crippen molar-refractivity contribution in [3.63, 3.8) is 0 Å². The van der Waals surface area contributed by atoms with E-state index in [4.69, 9.17) is 11.3 Å². The van der Waals surface area contributed by atoms with E-state index in [1.807, 2.05) is 24.3 Å². The third-order valence-corrected chi connectivity index (χ3v) is 5.10. The van der Waals surface area contributed by atoms with Crippen LogP contribution in [0.4, 0.5) is 5.69 Å². The summed E-state index contributed by atoms with van der Waals surface area (Å²) in [5, 5.41) is 0. The Balaban J connectivity index is 1.42. The Morgan fingerprint density at radius 2 is 1.69 bits per heavy atom. The first kappa shape index (κ1) is 18.2. The van der Waals surface area contributed by atoms with E-state index >= 15 is 0 Å². The minimum atomic E-state index is 0.269. The molecular formula is C23H25NO2. The van der Waals surface area contributed by atoms with E-state index in [9.17, 15) is 4.79 Å². The molecule has 0 aromatic heterocycles. The number of nitrogens with zero attached hydrogens (tertiary/aromatic N) is 1. The van der Waals surface area contributed by atoms with Crippen LogP contribution < -0.4 is 4.74 Å². The smallest absolute Gasteiger partial charge is 0.187 e. The van der Waals surface area contributed by atoms with Crippen molar-refractivity contribution >= 4 is 11.5 Å². The van der Waals surface area contributed by atoms with Gasteiger partial charge in [0.1, 0.15) is 11.5 Å². The van der Waals surface area contributed by atoms with E-state index < -0.39 is 0 Å². The van der Waals surface area contributed by atoms with E-state index in [2.05, 4.69) is 23.9 Å². The lowest BCUT2D eigenvalue weighted by atomic mass is 9.83. The number of hydrogen-bond acceptors (Lipinski definition) is 2. The summed E-state index contributed by atoms with van der Waals surface area (Å²) in [6, 6.07) is 15.5. The van der Waals surface area contributed by atoms with Crippen LogP contribution >= 0.6 is 0 Å². The molecule has 1 fully saturated rings. The predicted octanol–water partition coefficient (Wildman–Crippen LogP) is 5.69. The van der Waals surface area contributed by atoms with Crippen LogP contribution in [0, 0.1) is 19.4 Å². The second-order valence-corrected chi connectivity index (χ2v) is 7.27. The van der Waals surface area contributed by atoms with Crippen molar-refractivity contribution in [1.82, 2.24) is 0 Å². The van der Waals surface area contributed by atoms with Gasteiger partial charge in [0.15, 0.2) is 5.69 Å². The Morgan fingerprint density at radius 1 is 1.04 bits per heavy atom. The van der Waals surface area contributed by atoms with Gasteiger partial charge in [0.25, 0.3) is 0 Å². The van der Waals surface area contributed by atoms with Gasteiger partial charge >= 0.3 is 0 Å². The highest BCUT2D eigenvalue weighted by atomic mass is 16.5. The molecule has 0 atom stereocenters. The molecular weight excluding hydrogens is 322 g/mol. The minimum absolute atomic E-state index is 0.269. The molecule has 0 aliphatic heterocycles. The van der Waals surface area contributed by atoms with E-state index in [1.165, 1.54) is 5.56 Å². The Morgan fingerprint density at radius 3 is 2.31 bits per heavy atom. The maximum Gasteiger partial charge on any atom is 0.187 e. The number of carbonyl (C=O) groups excluding carboxylic acids is 1. The first-order valence-corrected chi connectivity index (χ1v) is 9.34. The highest BCUT2D eigenvalue weighted by molar-refractivity contribution is 5.81. The topological polar surface area (TPSA) is 30.7 Å². The quantitative estimate of drug-likeness (QED) is 0.629. The fraction of sp³-hybridized carbons (Fsp3) is 0.391. The summed E-state index contributed by atoms with van der Waals surface area (Å²) in [6.45, 7) is 9.04. The number of carbonyl (C=O) groups is 1. The standard InChI is InChI=1S/C23H25NO2/c1-17-3-11-22(12-4-17)26-23-13-7-19(8-14-23)16-21(25)15-18-5-9-20(24-2)10-6-18/h3-6,9-12,19,23H,7-8,13-16H2,1H3. The Bertz CT molecular complexity index is 763. The lowest BCUT2D eigenvalue weighted by Crippen LogP contribution is -2.25. The summed E-state index contributed by atoms with van der Waals surface area (Å²) in [5.74, 6) is 1.71. The summed E-state index contributed by atoms with van der Waals surface area (Å²) in [4.78, 5) is 15.7. The monoisotopic (exact) mass is 347 g/mol. The molecule has 0 saturated heterocycles. The molecule has 0 bridgehead atoms. The molecule has 1 aliphatic rings. The lowest BCUT2D eigenvalue weighted by molar-refractivity contribution is -0.119. The molecule has 3 heteroatoms. The van der Waals surface area contributed by atoms with Crippen LogP contribution in [0.3, 0.4) is 0 Å². The second-order valence-electron chi connectivity index (χ2n) is 7.27. The molecule has 0 radical (unpaired) electrons. The van der Waals surface area contributed by atoms with Crippen molar-refractivity contribution in [1.29, 1.82) is 0 Å². The normalized spacial score (nSPS) is 19.5. The average Bonchev–Trinajstić information content (AvgIpc) is 2.66. The first-order chi connectivity index (χ1) is 12.6. The fourth-order valence-electron chi connectivity index (χ4n) is 3.57. The number of hydrogen-bond donors (Lipinski definition) is 0. The SMILES string of the molecule is [C-]#[N+]c1ccc(CC(=O)CC2CCC(Oc3ccc(C)cc3)CC2)cc1. The summed E-state index contributed by atoms with van der Waals surface area (Å²) in [7, 11) is 0. The highest BCUT2D eigenvalue weighted by Crippen LogP contribution is 2.30. The zero-order chi connectivity index (χ0) is 18.4. The van der Waals surface area contributed by atoms with Crippen molar-refractivity contribution in [2.45, 2.75) is 51.6 Å². The maximum absolute atomic E-state index is 12.3. The Labute approximate surface area is 155 Å². The van der Waals surface area contributed by atoms with Crippen molar-refractivity contribution in [3.05, 3.63) is 71.1 Å². The van der Waals surface area contributed by atoms with Gasteiger partial charge in [0.05, 0.1) is 12.7 Å². The fourth-order valence-corrected chi connectivity index (χ4v) is 3.57. The van der Waals surface area contributed by atoms with Crippen LogP contribution in [0.2, 0.25) is 0 Å². The number of ether oxygens (including phenoxy) is 1. The number of ketones is 1. The number of benzene rings is 2. The molecule has 1 saturated carbocycles. The first-order valence-electron chi connectivity index (χ1n) is 9.34. The zero-order valence-corrected chi connectivity index (χ0v) is 15.3. The number of Topliss-reactive ketones (excluding diaryl/α,β-unsaturated/α-hetero) is 1. The van der Waals surface area contributed by atoms with Gasteiger partial charge in [-0.1, -0.05) is 42.0 Å². The van der Waals surface area contributed by atoms with Crippen LogP contribution in [0.1, 0.15) is 43.2 Å². The van der Waals surface area contributed by atoms with Gasteiger partial charge in [-0.05, 0) is 56.2 Å². The second kappa shape index (κ2) is 8.67. The summed E-state index contributed by atoms with van der Waals surface area (Å²) in [6.07, 6.45) is 5.54. The average molecular weight is 347 g/mol. The van der Waals surface area contributed by atoms with E-state index in [0.29, 0.717) is 30.2 Å². The van der Waals surface area contributed by atoms with Crippen LogP contribution in [0.25, 0.3) is 4.85 Å². The molecule has 3 nitrogen and oxygen atoms in total. The number of aryl methyl sites for hydroxylation is 1. The third-order valence-electron chi connectivity index (χ3n) is 5.10. The summed E-state index contributed by atoms with van der Waals surface area (Å²) in [5.41, 5.74) is 2.86. The van der Waals surface area contributed by atoms with Crippen LogP contribution in [0.15, 0.2) is 48.5 Å². The van der Waals surface area contributed by atoms with Crippen molar-refractivity contribution in [2.75, 3.05) is 0 Å². The molecule has 1 aliphatic carbocycles. The lowest BCUT2D eigenvalue weighted by Gasteiger charge is -2.28. The van der Waals surface area contributed by atoms with Crippen LogP contribution in [-0.2, 0) is 11.2 Å². The van der Waals surface area contributed by atoms with Gasteiger partial charge in [-0.3, -0.25) is 4.79 Å². The molecule has 3 rings (SSSR count). The molecule has 2 aromatic rings.